The smallest absolute Gasteiger partial charge is 0.157 e. The standard InChI is InChI=1S/C23H32ClFN4O3/c1-6-16(3)23(26-20(7-2)29-12-10-28(11-13-29)14-15-30)27(5)32-17(4)21-19(31)9-8-18(25)22(21)24/h6-9,17,30-31H,1-2,10-15H2,3-5H3/b23-16-,26-20+. The van der Waals surface area contributed by atoms with Crippen LogP contribution in [0.2, 0.25) is 5.02 Å². The quantitative estimate of drug-likeness (QED) is 0.250. The number of aliphatic imine (C=N–C) groups is 1. The maximum Gasteiger partial charge on any atom is 0.157 e. The maximum atomic E-state index is 13.9. The van der Waals surface area contributed by atoms with Crippen LogP contribution in [0.3, 0.4) is 0 Å². The molecule has 0 saturated carbocycles. The Bertz CT molecular complexity index is 882. The number of allylic oxidation sites excluding steroid dienone is 2. The van der Waals surface area contributed by atoms with Crippen molar-refractivity contribution in [1.29, 1.82) is 0 Å². The normalized spacial score (nSPS) is 17.1. The lowest BCUT2D eigenvalue weighted by Crippen LogP contribution is -2.49. The average molecular weight is 467 g/mol. The molecule has 1 aromatic carbocycles. The first-order valence-electron chi connectivity index (χ1n) is 10.4. The monoisotopic (exact) mass is 466 g/mol. The summed E-state index contributed by atoms with van der Waals surface area (Å²) in [6.07, 6.45) is 2.60. The Morgan fingerprint density at radius 3 is 2.53 bits per heavy atom. The number of nitrogens with zero attached hydrogens (tertiary/aromatic N) is 4. The SMILES string of the molecule is C=C/C(C)=C(/N=C(\C=C)N1CCN(CCO)CC1)N(C)OC(C)c1c(O)ccc(F)c1Cl. The minimum Gasteiger partial charge on any atom is -0.508 e. The number of hydrogen-bond donors (Lipinski definition) is 2. The molecule has 0 amide bonds. The van der Waals surface area contributed by atoms with Gasteiger partial charge < -0.3 is 15.1 Å². The number of phenols is 1. The molecule has 176 valence electrons. The minimum atomic E-state index is -0.750. The van der Waals surface area contributed by atoms with Gasteiger partial charge in [0.2, 0.25) is 0 Å². The zero-order valence-corrected chi connectivity index (χ0v) is 19.6. The van der Waals surface area contributed by atoms with E-state index in [1.54, 1.807) is 26.1 Å². The van der Waals surface area contributed by atoms with E-state index in [4.69, 9.17) is 26.5 Å². The van der Waals surface area contributed by atoms with Crippen molar-refractivity contribution in [3.8, 4) is 5.75 Å². The van der Waals surface area contributed by atoms with E-state index in [0.717, 1.165) is 37.8 Å². The third kappa shape index (κ3) is 6.32. The molecule has 1 aliphatic heterocycles. The van der Waals surface area contributed by atoms with E-state index in [2.05, 4.69) is 23.0 Å². The predicted octanol–water partition coefficient (Wildman–Crippen LogP) is 3.72. The first kappa shape index (κ1) is 25.9. The van der Waals surface area contributed by atoms with Gasteiger partial charge in [-0.2, -0.15) is 0 Å². The summed E-state index contributed by atoms with van der Waals surface area (Å²) in [6, 6.07) is 2.35. The van der Waals surface area contributed by atoms with Crippen molar-refractivity contribution in [3.63, 3.8) is 0 Å². The van der Waals surface area contributed by atoms with Gasteiger partial charge in [-0.3, -0.25) is 9.74 Å². The second-order valence-corrected chi connectivity index (χ2v) is 7.85. The Morgan fingerprint density at radius 2 is 1.97 bits per heavy atom. The molecule has 1 saturated heterocycles. The van der Waals surface area contributed by atoms with Crippen molar-refractivity contribution in [2.24, 2.45) is 4.99 Å². The second-order valence-electron chi connectivity index (χ2n) is 7.48. The van der Waals surface area contributed by atoms with E-state index >= 15 is 0 Å². The predicted molar refractivity (Wildman–Crippen MR) is 126 cm³/mol. The van der Waals surface area contributed by atoms with Crippen LogP contribution in [-0.4, -0.2) is 77.3 Å². The van der Waals surface area contributed by atoms with Gasteiger partial charge in [-0.05, 0) is 37.6 Å². The summed E-state index contributed by atoms with van der Waals surface area (Å²) in [7, 11) is 1.67. The van der Waals surface area contributed by atoms with E-state index in [9.17, 15) is 9.50 Å². The van der Waals surface area contributed by atoms with Gasteiger partial charge in [0.1, 0.15) is 23.5 Å². The van der Waals surface area contributed by atoms with Gasteiger partial charge in [-0.25, -0.2) is 14.4 Å². The molecule has 1 heterocycles. The van der Waals surface area contributed by atoms with E-state index in [-0.39, 0.29) is 22.9 Å². The van der Waals surface area contributed by atoms with Crippen LogP contribution in [0.25, 0.3) is 0 Å². The molecule has 0 spiro atoms. The molecule has 1 aromatic rings. The van der Waals surface area contributed by atoms with Crippen molar-refractivity contribution >= 4 is 17.4 Å². The highest BCUT2D eigenvalue weighted by atomic mass is 35.5. The van der Waals surface area contributed by atoms with Gasteiger partial charge in [0.15, 0.2) is 5.82 Å². The highest BCUT2D eigenvalue weighted by molar-refractivity contribution is 6.31. The molecule has 9 heteroatoms. The van der Waals surface area contributed by atoms with E-state index in [1.165, 1.54) is 11.1 Å². The molecular formula is C23H32ClFN4O3. The van der Waals surface area contributed by atoms with E-state index in [1.807, 2.05) is 6.92 Å². The lowest BCUT2D eigenvalue weighted by atomic mass is 10.1. The summed E-state index contributed by atoms with van der Waals surface area (Å²) in [5.41, 5.74) is 0.912. The van der Waals surface area contributed by atoms with Crippen LogP contribution in [0.4, 0.5) is 4.39 Å². The van der Waals surface area contributed by atoms with Gasteiger partial charge in [-0.1, -0.05) is 30.8 Å². The lowest BCUT2D eigenvalue weighted by Gasteiger charge is -2.36. The molecule has 0 bridgehead atoms. The van der Waals surface area contributed by atoms with Crippen LogP contribution < -0.4 is 0 Å². The summed E-state index contributed by atoms with van der Waals surface area (Å²) in [6.45, 7) is 15.2. The third-order valence-corrected chi connectivity index (χ3v) is 5.69. The van der Waals surface area contributed by atoms with Crippen molar-refractivity contribution in [3.05, 3.63) is 65.2 Å². The number of rotatable bonds is 9. The topological polar surface area (TPSA) is 71.8 Å². The minimum absolute atomic E-state index is 0.138. The molecular weight excluding hydrogens is 435 g/mol. The molecule has 7 nitrogen and oxygen atoms in total. The lowest BCUT2D eigenvalue weighted by molar-refractivity contribution is -0.155. The number of hydrogen-bond acceptors (Lipinski definition) is 6. The Hall–Kier alpha value is -2.39. The summed E-state index contributed by atoms with van der Waals surface area (Å²) < 4.78 is 13.9. The number of benzene rings is 1. The Balaban J connectivity index is 2.25. The van der Waals surface area contributed by atoms with Crippen molar-refractivity contribution in [2.75, 3.05) is 46.4 Å². The summed E-state index contributed by atoms with van der Waals surface area (Å²) >= 11 is 6.06. The summed E-state index contributed by atoms with van der Waals surface area (Å²) in [4.78, 5) is 15.0. The van der Waals surface area contributed by atoms with Crippen LogP contribution in [0, 0.1) is 5.82 Å². The number of hydroxylamine groups is 2. The van der Waals surface area contributed by atoms with Gasteiger partial charge in [-0.15, -0.1) is 0 Å². The van der Waals surface area contributed by atoms with Gasteiger partial charge in [0.25, 0.3) is 0 Å². The second kappa shape index (κ2) is 12.0. The van der Waals surface area contributed by atoms with Crippen LogP contribution >= 0.6 is 11.6 Å². The largest absolute Gasteiger partial charge is 0.508 e. The molecule has 1 unspecified atom stereocenters. The molecule has 1 atom stereocenters. The molecule has 0 radical (unpaired) electrons. The van der Waals surface area contributed by atoms with Gasteiger partial charge in [0, 0.05) is 45.3 Å². The fourth-order valence-corrected chi connectivity index (χ4v) is 3.79. The first-order valence-corrected chi connectivity index (χ1v) is 10.8. The van der Waals surface area contributed by atoms with Crippen molar-refractivity contribution < 1.29 is 19.4 Å². The van der Waals surface area contributed by atoms with E-state index < -0.39 is 11.9 Å². The van der Waals surface area contributed by atoms with Crippen molar-refractivity contribution in [1.82, 2.24) is 14.9 Å². The number of aromatic hydroxyl groups is 1. The number of halogens is 2. The van der Waals surface area contributed by atoms with Crippen LogP contribution in [0.5, 0.6) is 5.75 Å². The van der Waals surface area contributed by atoms with Gasteiger partial charge in [0.05, 0.1) is 11.6 Å². The molecule has 32 heavy (non-hydrogen) atoms. The molecule has 2 rings (SSSR count). The highest BCUT2D eigenvalue weighted by Gasteiger charge is 2.23. The number of aliphatic hydroxyl groups excluding tert-OH is 1. The highest BCUT2D eigenvalue weighted by Crippen LogP contribution is 2.36. The molecule has 0 aromatic heterocycles. The Kier molecular flexibility index (Phi) is 9.71. The fourth-order valence-electron chi connectivity index (χ4n) is 3.48. The van der Waals surface area contributed by atoms with Crippen molar-refractivity contribution in [2.45, 2.75) is 20.0 Å². The van der Waals surface area contributed by atoms with E-state index in [0.29, 0.717) is 18.2 Å². The zero-order valence-electron chi connectivity index (χ0n) is 18.9. The number of amidine groups is 1. The summed E-state index contributed by atoms with van der Waals surface area (Å²) in [5, 5.41) is 20.6. The number of piperazine rings is 1. The zero-order chi connectivity index (χ0) is 23.8. The molecule has 1 fully saturated rings. The van der Waals surface area contributed by atoms with Crippen LogP contribution in [0.15, 0.2) is 53.8 Å². The molecule has 1 aliphatic rings. The number of phenolic OH excluding ortho intramolecular Hbond substituents is 1. The van der Waals surface area contributed by atoms with Crippen LogP contribution in [-0.2, 0) is 4.84 Å². The van der Waals surface area contributed by atoms with Gasteiger partial charge >= 0.3 is 0 Å². The maximum absolute atomic E-state index is 13.9. The number of β-amino-alcohol motifs (C(OH)–C–C–N with tert-alkyl or cyclic N) is 1. The fraction of sp³-hybridized carbons (Fsp3) is 0.435. The Labute approximate surface area is 194 Å². The summed E-state index contributed by atoms with van der Waals surface area (Å²) in [5.74, 6) is 0.383. The number of aliphatic hydroxyl groups is 1. The van der Waals surface area contributed by atoms with Crippen LogP contribution in [0.1, 0.15) is 25.5 Å². The molecule has 0 aliphatic carbocycles. The Morgan fingerprint density at radius 1 is 1.31 bits per heavy atom. The molecule has 2 N–H and O–H groups in total. The first-order chi connectivity index (χ1) is 15.2. The third-order valence-electron chi connectivity index (χ3n) is 5.31. The average Bonchev–Trinajstić information content (AvgIpc) is 2.77.